The third-order valence-electron chi connectivity index (χ3n) is 3.70. The van der Waals surface area contributed by atoms with Crippen LogP contribution in [0.25, 0.3) is 0 Å². The van der Waals surface area contributed by atoms with Gasteiger partial charge in [0.1, 0.15) is 5.82 Å². The molecule has 9 heteroatoms. The number of para-hydroxylation sites is 1. The van der Waals surface area contributed by atoms with E-state index in [0.717, 1.165) is 0 Å². The zero-order chi connectivity index (χ0) is 20.3. The molecule has 5 nitrogen and oxygen atoms in total. The molecule has 0 saturated heterocycles. The Balaban J connectivity index is 1.82. The lowest BCUT2D eigenvalue weighted by atomic mass is 10.2. The molecule has 0 spiro atoms. The number of anilines is 2. The van der Waals surface area contributed by atoms with Crippen molar-refractivity contribution in [2.75, 3.05) is 10.0 Å². The van der Waals surface area contributed by atoms with E-state index >= 15 is 0 Å². The molecular weight excluding hydrogens is 426 g/mol. The van der Waals surface area contributed by atoms with Gasteiger partial charge in [-0.2, -0.15) is 0 Å². The van der Waals surface area contributed by atoms with Crippen molar-refractivity contribution in [2.24, 2.45) is 0 Å². The molecule has 0 bridgehead atoms. The molecule has 0 radical (unpaired) electrons. The van der Waals surface area contributed by atoms with Crippen LogP contribution in [-0.4, -0.2) is 14.3 Å². The highest BCUT2D eigenvalue weighted by Crippen LogP contribution is 2.26. The van der Waals surface area contributed by atoms with Gasteiger partial charge in [0, 0.05) is 11.3 Å². The Morgan fingerprint density at radius 2 is 1.64 bits per heavy atom. The number of halogens is 3. The number of rotatable bonds is 5. The van der Waals surface area contributed by atoms with Gasteiger partial charge in [-0.15, -0.1) is 0 Å². The van der Waals surface area contributed by atoms with Gasteiger partial charge in [-0.1, -0.05) is 41.4 Å². The first kappa shape index (κ1) is 20.1. The maximum atomic E-state index is 13.7. The zero-order valence-electron chi connectivity index (χ0n) is 14.1. The summed E-state index contributed by atoms with van der Waals surface area (Å²) in [6.07, 6.45) is 0. The Labute approximate surface area is 171 Å². The summed E-state index contributed by atoms with van der Waals surface area (Å²) >= 11 is 11.7. The first-order valence-electron chi connectivity index (χ1n) is 7.90. The maximum absolute atomic E-state index is 13.7. The second-order valence-corrected chi connectivity index (χ2v) is 8.19. The summed E-state index contributed by atoms with van der Waals surface area (Å²) in [4.78, 5) is 12.3. The van der Waals surface area contributed by atoms with Gasteiger partial charge < -0.3 is 5.32 Å². The van der Waals surface area contributed by atoms with E-state index in [1.54, 1.807) is 6.07 Å². The Morgan fingerprint density at radius 1 is 0.893 bits per heavy atom. The number of amides is 1. The molecule has 0 heterocycles. The van der Waals surface area contributed by atoms with Crippen molar-refractivity contribution in [3.05, 3.63) is 88.2 Å². The van der Waals surface area contributed by atoms with E-state index in [4.69, 9.17) is 23.2 Å². The second kappa shape index (κ2) is 8.18. The summed E-state index contributed by atoms with van der Waals surface area (Å²) in [5.74, 6) is -1.16. The van der Waals surface area contributed by atoms with E-state index in [-0.39, 0.29) is 31.9 Å². The Bertz CT molecular complexity index is 1150. The van der Waals surface area contributed by atoms with Crippen LogP contribution < -0.4 is 10.0 Å². The molecule has 0 atom stereocenters. The topological polar surface area (TPSA) is 75.3 Å². The van der Waals surface area contributed by atoms with Gasteiger partial charge in [0.15, 0.2) is 0 Å². The number of benzene rings is 3. The molecule has 0 unspecified atom stereocenters. The minimum atomic E-state index is -3.95. The molecule has 28 heavy (non-hydrogen) atoms. The van der Waals surface area contributed by atoms with Crippen molar-refractivity contribution in [1.29, 1.82) is 0 Å². The zero-order valence-corrected chi connectivity index (χ0v) is 16.4. The number of carbonyl (C=O) groups is 1. The highest BCUT2D eigenvalue weighted by molar-refractivity contribution is 7.92. The molecule has 2 N–H and O–H groups in total. The Kier molecular flexibility index (Phi) is 5.88. The number of nitrogens with one attached hydrogen (secondary N) is 2. The van der Waals surface area contributed by atoms with Gasteiger partial charge in [0.2, 0.25) is 0 Å². The number of sulfonamides is 1. The van der Waals surface area contributed by atoms with Crippen molar-refractivity contribution in [3.63, 3.8) is 0 Å². The van der Waals surface area contributed by atoms with Gasteiger partial charge in [-0.3, -0.25) is 9.52 Å². The summed E-state index contributed by atoms with van der Waals surface area (Å²) in [5.41, 5.74) is 0.333. The van der Waals surface area contributed by atoms with Gasteiger partial charge in [0.25, 0.3) is 15.9 Å². The average Bonchev–Trinajstić information content (AvgIpc) is 2.65. The molecular formula is C19H13Cl2FN2O3S. The van der Waals surface area contributed by atoms with Crippen molar-refractivity contribution in [1.82, 2.24) is 0 Å². The van der Waals surface area contributed by atoms with Crippen LogP contribution in [0.4, 0.5) is 15.8 Å². The highest BCUT2D eigenvalue weighted by atomic mass is 35.5. The molecule has 3 rings (SSSR count). The van der Waals surface area contributed by atoms with Crippen LogP contribution in [-0.2, 0) is 10.0 Å². The standard InChI is InChI=1S/C19H13Cl2FN2O3S/c20-15-9-8-14(11-16(15)21)28(26,27)24-13-5-3-4-12(10-13)19(25)23-18-7-2-1-6-17(18)22/h1-11,24H,(H,23,25). The molecule has 0 aliphatic heterocycles. The van der Waals surface area contributed by atoms with Gasteiger partial charge in [-0.05, 0) is 48.5 Å². The van der Waals surface area contributed by atoms with Gasteiger partial charge in [0.05, 0.1) is 20.6 Å². The molecule has 3 aromatic rings. The molecule has 144 valence electrons. The molecule has 1 amide bonds. The van der Waals surface area contributed by atoms with E-state index < -0.39 is 21.7 Å². The van der Waals surface area contributed by atoms with Crippen molar-refractivity contribution < 1.29 is 17.6 Å². The minimum Gasteiger partial charge on any atom is -0.319 e. The van der Waals surface area contributed by atoms with E-state index in [1.165, 1.54) is 60.7 Å². The fourth-order valence-electron chi connectivity index (χ4n) is 2.34. The van der Waals surface area contributed by atoms with Crippen LogP contribution in [0.3, 0.4) is 0 Å². The number of carbonyl (C=O) groups excluding carboxylic acids is 1. The van der Waals surface area contributed by atoms with E-state index in [1.807, 2.05) is 0 Å². The minimum absolute atomic E-state index is 0.0225. The van der Waals surface area contributed by atoms with Crippen LogP contribution in [0, 0.1) is 5.82 Å². The monoisotopic (exact) mass is 438 g/mol. The largest absolute Gasteiger partial charge is 0.319 e. The summed E-state index contributed by atoms with van der Waals surface area (Å²) in [6.45, 7) is 0. The third-order valence-corrected chi connectivity index (χ3v) is 5.82. The molecule has 3 aromatic carbocycles. The van der Waals surface area contributed by atoms with Crippen LogP contribution in [0.1, 0.15) is 10.4 Å². The maximum Gasteiger partial charge on any atom is 0.261 e. The average molecular weight is 439 g/mol. The first-order chi connectivity index (χ1) is 13.3. The van der Waals surface area contributed by atoms with Crippen LogP contribution in [0.5, 0.6) is 0 Å². The SMILES string of the molecule is O=C(Nc1ccccc1F)c1cccc(NS(=O)(=O)c2ccc(Cl)c(Cl)c2)c1. The predicted molar refractivity (Wildman–Crippen MR) is 108 cm³/mol. The Morgan fingerprint density at radius 3 is 2.36 bits per heavy atom. The third kappa shape index (κ3) is 4.62. The molecule has 0 aliphatic rings. The summed E-state index contributed by atoms with van der Waals surface area (Å²) in [5, 5.41) is 2.77. The number of hydrogen-bond acceptors (Lipinski definition) is 3. The first-order valence-corrected chi connectivity index (χ1v) is 10.1. The van der Waals surface area contributed by atoms with Crippen molar-refractivity contribution in [2.45, 2.75) is 4.90 Å². The smallest absolute Gasteiger partial charge is 0.261 e. The normalized spacial score (nSPS) is 11.1. The van der Waals surface area contributed by atoms with Crippen molar-refractivity contribution in [3.8, 4) is 0 Å². The fourth-order valence-corrected chi connectivity index (χ4v) is 3.78. The van der Waals surface area contributed by atoms with E-state index in [2.05, 4.69) is 10.0 Å². The van der Waals surface area contributed by atoms with Crippen LogP contribution in [0.15, 0.2) is 71.6 Å². The number of hydrogen-bond donors (Lipinski definition) is 2. The summed E-state index contributed by atoms with van der Waals surface area (Å²) in [6, 6.07) is 15.4. The summed E-state index contributed by atoms with van der Waals surface area (Å²) in [7, 11) is -3.95. The molecule has 0 aromatic heterocycles. The molecule has 0 aliphatic carbocycles. The highest BCUT2D eigenvalue weighted by Gasteiger charge is 2.17. The summed E-state index contributed by atoms with van der Waals surface area (Å²) < 4.78 is 41.1. The predicted octanol–water partition coefficient (Wildman–Crippen LogP) is 5.19. The van der Waals surface area contributed by atoms with E-state index in [9.17, 15) is 17.6 Å². The second-order valence-electron chi connectivity index (χ2n) is 5.70. The van der Waals surface area contributed by atoms with Crippen LogP contribution >= 0.6 is 23.2 Å². The fraction of sp³-hybridized carbons (Fsp3) is 0. The van der Waals surface area contributed by atoms with E-state index in [0.29, 0.717) is 0 Å². The Hall–Kier alpha value is -2.61. The van der Waals surface area contributed by atoms with Gasteiger partial charge >= 0.3 is 0 Å². The van der Waals surface area contributed by atoms with Gasteiger partial charge in [-0.25, -0.2) is 12.8 Å². The lowest BCUT2D eigenvalue weighted by molar-refractivity contribution is 0.102. The lowest BCUT2D eigenvalue weighted by Gasteiger charge is -2.11. The molecule has 0 saturated carbocycles. The lowest BCUT2D eigenvalue weighted by Crippen LogP contribution is -2.15. The quantitative estimate of drug-likeness (QED) is 0.575. The molecule has 0 fully saturated rings. The van der Waals surface area contributed by atoms with Crippen molar-refractivity contribution >= 4 is 50.5 Å². The van der Waals surface area contributed by atoms with Crippen LogP contribution in [0.2, 0.25) is 10.0 Å².